The largest absolute Gasteiger partial charge is 0.359 e. The number of likely N-dealkylation sites (tertiary alicyclic amines) is 1. The van der Waals surface area contributed by atoms with Crippen LogP contribution in [0.3, 0.4) is 0 Å². The number of rotatable bonds is 4. The van der Waals surface area contributed by atoms with Gasteiger partial charge in [-0.1, -0.05) is 0 Å². The maximum atomic E-state index is 11.5. The van der Waals surface area contributed by atoms with Gasteiger partial charge in [-0.15, -0.1) is 0 Å². The summed E-state index contributed by atoms with van der Waals surface area (Å²) in [5.41, 5.74) is 0. The third-order valence-electron chi connectivity index (χ3n) is 2.94. The van der Waals surface area contributed by atoms with E-state index in [9.17, 15) is 9.59 Å². The van der Waals surface area contributed by atoms with Crippen molar-refractivity contribution in [3.63, 3.8) is 0 Å². The number of hydrogen-bond acceptors (Lipinski definition) is 3. The molecule has 0 aromatic heterocycles. The lowest BCUT2D eigenvalue weighted by atomic mass is 10.1. The van der Waals surface area contributed by atoms with Gasteiger partial charge in [0.25, 0.3) is 0 Å². The Morgan fingerprint density at radius 2 is 1.75 bits per heavy atom. The standard InChI is InChI=1S/C11H21N3O2/c1-12-10(15)3-4-11(16)13-9-5-7-14(2)8-6-9/h9H,3-8H2,1-2H3,(H,12,15)(H,13,16). The van der Waals surface area contributed by atoms with Gasteiger partial charge in [0, 0.05) is 25.9 Å². The summed E-state index contributed by atoms with van der Waals surface area (Å²) in [6.07, 6.45) is 2.56. The Bertz CT molecular complexity index is 248. The number of piperidine rings is 1. The molecule has 0 atom stereocenters. The van der Waals surface area contributed by atoms with Crippen LogP contribution in [0.4, 0.5) is 0 Å². The quantitative estimate of drug-likeness (QED) is 0.694. The van der Waals surface area contributed by atoms with Gasteiger partial charge in [0.05, 0.1) is 0 Å². The topological polar surface area (TPSA) is 61.4 Å². The van der Waals surface area contributed by atoms with Gasteiger partial charge < -0.3 is 15.5 Å². The Morgan fingerprint density at radius 3 is 2.31 bits per heavy atom. The summed E-state index contributed by atoms with van der Waals surface area (Å²) in [6.45, 7) is 2.06. The van der Waals surface area contributed by atoms with Gasteiger partial charge in [-0.2, -0.15) is 0 Å². The molecule has 1 aliphatic rings. The highest BCUT2D eigenvalue weighted by Gasteiger charge is 2.18. The number of carbonyl (C=O) groups excluding carboxylic acids is 2. The van der Waals surface area contributed by atoms with Crippen molar-refractivity contribution < 1.29 is 9.59 Å². The van der Waals surface area contributed by atoms with E-state index in [0.717, 1.165) is 25.9 Å². The zero-order valence-corrected chi connectivity index (χ0v) is 10.1. The van der Waals surface area contributed by atoms with Crippen molar-refractivity contribution >= 4 is 11.8 Å². The van der Waals surface area contributed by atoms with E-state index >= 15 is 0 Å². The van der Waals surface area contributed by atoms with E-state index in [1.54, 1.807) is 7.05 Å². The highest BCUT2D eigenvalue weighted by atomic mass is 16.2. The molecule has 0 aromatic carbocycles. The van der Waals surface area contributed by atoms with Crippen LogP contribution in [0.15, 0.2) is 0 Å². The Kier molecular flexibility index (Phi) is 5.25. The van der Waals surface area contributed by atoms with Crippen LogP contribution < -0.4 is 10.6 Å². The average Bonchev–Trinajstić information content (AvgIpc) is 2.29. The maximum Gasteiger partial charge on any atom is 0.220 e. The van der Waals surface area contributed by atoms with E-state index in [0.29, 0.717) is 0 Å². The van der Waals surface area contributed by atoms with Crippen molar-refractivity contribution in [1.82, 2.24) is 15.5 Å². The second-order valence-electron chi connectivity index (χ2n) is 4.32. The molecule has 0 unspecified atom stereocenters. The summed E-state index contributed by atoms with van der Waals surface area (Å²) in [6, 6.07) is 0.286. The van der Waals surface area contributed by atoms with E-state index in [-0.39, 0.29) is 30.7 Å². The minimum atomic E-state index is -0.0847. The Labute approximate surface area is 96.6 Å². The van der Waals surface area contributed by atoms with Gasteiger partial charge >= 0.3 is 0 Å². The van der Waals surface area contributed by atoms with E-state index < -0.39 is 0 Å². The molecule has 5 nitrogen and oxygen atoms in total. The van der Waals surface area contributed by atoms with E-state index in [1.807, 2.05) is 0 Å². The SMILES string of the molecule is CNC(=O)CCC(=O)NC1CCN(C)CC1. The molecule has 0 aliphatic carbocycles. The second kappa shape index (κ2) is 6.48. The monoisotopic (exact) mass is 227 g/mol. The van der Waals surface area contributed by atoms with Crippen LogP contribution >= 0.6 is 0 Å². The van der Waals surface area contributed by atoms with Crippen LogP contribution in [0.2, 0.25) is 0 Å². The first-order chi connectivity index (χ1) is 7.61. The molecule has 1 heterocycles. The molecule has 0 aromatic rings. The molecule has 2 amide bonds. The van der Waals surface area contributed by atoms with Crippen molar-refractivity contribution in [3.8, 4) is 0 Å². The number of nitrogens with one attached hydrogen (secondary N) is 2. The fourth-order valence-electron chi connectivity index (χ4n) is 1.80. The van der Waals surface area contributed by atoms with E-state index in [1.165, 1.54) is 0 Å². The third-order valence-corrected chi connectivity index (χ3v) is 2.94. The van der Waals surface area contributed by atoms with Gasteiger partial charge in [-0.3, -0.25) is 9.59 Å². The molecule has 1 saturated heterocycles. The van der Waals surface area contributed by atoms with Gasteiger partial charge in [-0.25, -0.2) is 0 Å². The molecule has 1 fully saturated rings. The first kappa shape index (κ1) is 13.0. The Balaban J connectivity index is 2.16. The van der Waals surface area contributed by atoms with Crippen molar-refractivity contribution in [1.29, 1.82) is 0 Å². The van der Waals surface area contributed by atoms with Crippen molar-refractivity contribution in [2.45, 2.75) is 31.7 Å². The van der Waals surface area contributed by atoms with Crippen molar-refractivity contribution in [2.24, 2.45) is 0 Å². The van der Waals surface area contributed by atoms with Crippen LogP contribution in [0.5, 0.6) is 0 Å². The van der Waals surface area contributed by atoms with E-state index in [4.69, 9.17) is 0 Å². The number of amides is 2. The van der Waals surface area contributed by atoms with Gasteiger partial charge in [0.2, 0.25) is 11.8 Å². The predicted molar refractivity (Wildman–Crippen MR) is 62.0 cm³/mol. The molecule has 16 heavy (non-hydrogen) atoms. The smallest absolute Gasteiger partial charge is 0.220 e. The minimum absolute atomic E-state index is 0.0156. The van der Waals surface area contributed by atoms with Crippen molar-refractivity contribution in [2.75, 3.05) is 27.2 Å². The highest BCUT2D eigenvalue weighted by molar-refractivity contribution is 5.83. The maximum absolute atomic E-state index is 11.5. The minimum Gasteiger partial charge on any atom is -0.359 e. The molecule has 1 aliphatic heterocycles. The van der Waals surface area contributed by atoms with Gasteiger partial charge in [0.15, 0.2) is 0 Å². The third kappa shape index (κ3) is 4.61. The summed E-state index contributed by atoms with van der Waals surface area (Å²) >= 11 is 0. The fraction of sp³-hybridized carbons (Fsp3) is 0.818. The molecule has 0 bridgehead atoms. The summed E-state index contributed by atoms with van der Waals surface area (Å²) in [7, 11) is 3.67. The molecule has 5 heteroatoms. The van der Waals surface area contributed by atoms with Crippen LogP contribution in [0.25, 0.3) is 0 Å². The first-order valence-corrected chi connectivity index (χ1v) is 5.80. The molecule has 2 N–H and O–H groups in total. The highest BCUT2D eigenvalue weighted by Crippen LogP contribution is 2.08. The molecule has 0 saturated carbocycles. The normalized spacial score (nSPS) is 18.1. The molecular weight excluding hydrogens is 206 g/mol. The zero-order chi connectivity index (χ0) is 12.0. The Morgan fingerprint density at radius 1 is 1.19 bits per heavy atom. The average molecular weight is 227 g/mol. The van der Waals surface area contributed by atoms with Crippen LogP contribution in [0, 0.1) is 0 Å². The molecule has 0 spiro atoms. The predicted octanol–water partition coefficient (Wildman–Crippen LogP) is -0.277. The lowest BCUT2D eigenvalue weighted by Crippen LogP contribution is -2.43. The number of hydrogen-bond donors (Lipinski definition) is 2. The van der Waals surface area contributed by atoms with Crippen LogP contribution in [-0.2, 0) is 9.59 Å². The summed E-state index contributed by atoms with van der Waals surface area (Å²) < 4.78 is 0. The second-order valence-corrected chi connectivity index (χ2v) is 4.32. The molecule has 92 valence electrons. The molecular formula is C11H21N3O2. The molecule has 0 radical (unpaired) electrons. The van der Waals surface area contributed by atoms with Crippen molar-refractivity contribution in [3.05, 3.63) is 0 Å². The number of nitrogens with zero attached hydrogens (tertiary/aromatic N) is 1. The summed E-state index contributed by atoms with van der Waals surface area (Å²) in [5.74, 6) is -0.100. The number of carbonyl (C=O) groups is 2. The zero-order valence-electron chi connectivity index (χ0n) is 10.1. The first-order valence-electron chi connectivity index (χ1n) is 5.80. The van der Waals surface area contributed by atoms with E-state index in [2.05, 4.69) is 22.6 Å². The summed E-state index contributed by atoms with van der Waals surface area (Å²) in [4.78, 5) is 24.7. The fourth-order valence-corrected chi connectivity index (χ4v) is 1.80. The molecule has 1 rings (SSSR count). The van der Waals surface area contributed by atoms with Gasteiger partial charge in [-0.05, 0) is 33.0 Å². The van der Waals surface area contributed by atoms with Crippen LogP contribution in [-0.4, -0.2) is 49.9 Å². The Hall–Kier alpha value is -1.10. The van der Waals surface area contributed by atoms with Crippen LogP contribution in [0.1, 0.15) is 25.7 Å². The summed E-state index contributed by atoms with van der Waals surface area (Å²) in [5, 5.41) is 5.48. The lowest BCUT2D eigenvalue weighted by Gasteiger charge is -2.29. The lowest BCUT2D eigenvalue weighted by molar-refractivity contribution is -0.126. The van der Waals surface area contributed by atoms with Gasteiger partial charge in [0.1, 0.15) is 0 Å².